The zero-order chi connectivity index (χ0) is 29.0. The highest BCUT2D eigenvalue weighted by Crippen LogP contribution is 2.44. The summed E-state index contributed by atoms with van der Waals surface area (Å²) in [5, 5.41) is 10.5. The summed E-state index contributed by atoms with van der Waals surface area (Å²) < 4.78 is 20.0. The molecular formula is C37H48O4. The van der Waals surface area contributed by atoms with Crippen LogP contribution in [0.5, 0.6) is 0 Å². The molecule has 0 bridgehead atoms. The van der Waals surface area contributed by atoms with Gasteiger partial charge in [0.25, 0.3) is 0 Å². The molecule has 0 radical (unpaired) electrons. The summed E-state index contributed by atoms with van der Waals surface area (Å²) in [4.78, 5) is 0. The first-order valence-corrected chi connectivity index (χ1v) is 15.4. The van der Waals surface area contributed by atoms with Gasteiger partial charge in [-0.05, 0) is 43.4 Å². The van der Waals surface area contributed by atoms with Crippen LogP contribution in [0.1, 0.15) is 88.8 Å². The number of hydrogen-bond acceptors (Lipinski definition) is 4. The highest BCUT2D eigenvalue weighted by Gasteiger charge is 2.53. The van der Waals surface area contributed by atoms with Crippen molar-refractivity contribution < 1.29 is 19.3 Å². The Labute approximate surface area is 247 Å². The maximum atomic E-state index is 10.5. The molecule has 3 aromatic rings. The maximum absolute atomic E-state index is 10.5. The molecule has 2 atom stereocenters. The summed E-state index contributed by atoms with van der Waals surface area (Å²) in [5.74, 6) is -0.852. The van der Waals surface area contributed by atoms with Crippen LogP contribution in [0.25, 0.3) is 0 Å². The molecule has 220 valence electrons. The van der Waals surface area contributed by atoms with Crippen LogP contribution in [-0.2, 0) is 19.8 Å². The van der Waals surface area contributed by atoms with E-state index in [2.05, 4.69) is 55.5 Å². The molecule has 0 amide bonds. The Morgan fingerprint density at radius 2 is 1.24 bits per heavy atom. The maximum Gasteiger partial charge on any atom is 0.164 e. The first-order valence-electron chi connectivity index (χ1n) is 15.4. The molecule has 1 aliphatic rings. The molecule has 4 rings (SSSR count). The van der Waals surface area contributed by atoms with Crippen LogP contribution in [-0.4, -0.2) is 35.8 Å². The van der Waals surface area contributed by atoms with Gasteiger partial charge in [0.05, 0.1) is 13.2 Å². The minimum Gasteiger partial charge on any atom is -0.394 e. The molecular weight excluding hydrogens is 508 g/mol. The predicted octanol–water partition coefficient (Wildman–Crippen LogP) is 8.57. The Kier molecular flexibility index (Phi) is 11.4. The quantitative estimate of drug-likeness (QED) is 0.109. The van der Waals surface area contributed by atoms with E-state index >= 15 is 0 Å². The van der Waals surface area contributed by atoms with Gasteiger partial charge < -0.3 is 19.3 Å². The van der Waals surface area contributed by atoms with Gasteiger partial charge in [0, 0.05) is 0 Å². The topological polar surface area (TPSA) is 47.9 Å². The lowest BCUT2D eigenvalue weighted by Gasteiger charge is -2.39. The zero-order valence-corrected chi connectivity index (χ0v) is 25.1. The second-order valence-corrected chi connectivity index (χ2v) is 11.6. The molecule has 0 spiro atoms. The summed E-state index contributed by atoms with van der Waals surface area (Å²) >= 11 is 0. The number of hydrogen-bond donors (Lipinski definition) is 1. The minimum atomic E-state index is -0.942. The summed E-state index contributed by atoms with van der Waals surface area (Å²) in [6, 6.07) is 31.0. The van der Waals surface area contributed by atoms with Crippen molar-refractivity contribution in [2.45, 2.75) is 95.2 Å². The fourth-order valence-electron chi connectivity index (χ4n) is 5.99. The van der Waals surface area contributed by atoms with Crippen molar-refractivity contribution in [2.24, 2.45) is 0 Å². The molecule has 0 aliphatic carbocycles. The minimum absolute atomic E-state index is 0.163. The van der Waals surface area contributed by atoms with Crippen LogP contribution in [0.2, 0.25) is 0 Å². The van der Waals surface area contributed by atoms with Crippen molar-refractivity contribution in [2.75, 3.05) is 13.2 Å². The number of aliphatic hydroxyl groups is 1. The lowest BCUT2D eigenvalue weighted by molar-refractivity contribution is -0.170. The second-order valence-electron chi connectivity index (χ2n) is 11.6. The van der Waals surface area contributed by atoms with E-state index in [1.807, 2.05) is 68.4 Å². The van der Waals surface area contributed by atoms with Crippen molar-refractivity contribution in [3.63, 3.8) is 0 Å². The Balaban J connectivity index is 1.65. The van der Waals surface area contributed by atoms with E-state index < -0.39 is 23.1 Å². The number of allylic oxidation sites excluding steroid dienone is 1. The van der Waals surface area contributed by atoms with Gasteiger partial charge in [0.2, 0.25) is 0 Å². The molecule has 1 aliphatic heterocycles. The monoisotopic (exact) mass is 556 g/mol. The average Bonchev–Trinajstić information content (AvgIpc) is 3.28. The number of ether oxygens (including phenoxy) is 3. The zero-order valence-electron chi connectivity index (χ0n) is 25.1. The van der Waals surface area contributed by atoms with Gasteiger partial charge in [-0.25, -0.2) is 0 Å². The lowest BCUT2D eigenvalue weighted by atomic mass is 9.79. The second kappa shape index (κ2) is 14.9. The Bertz CT molecular complexity index is 1080. The molecule has 0 saturated carbocycles. The van der Waals surface area contributed by atoms with Gasteiger partial charge in [-0.2, -0.15) is 0 Å². The van der Waals surface area contributed by atoms with Crippen LogP contribution < -0.4 is 0 Å². The molecule has 4 nitrogen and oxygen atoms in total. The van der Waals surface area contributed by atoms with E-state index in [0.29, 0.717) is 0 Å². The smallest absolute Gasteiger partial charge is 0.164 e. The van der Waals surface area contributed by atoms with E-state index in [1.165, 1.54) is 38.5 Å². The highest BCUT2D eigenvalue weighted by molar-refractivity contribution is 5.47. The van der Waals surface area contributed by atoms with E-state index in [1.54, 1.807) is 0 Å². The van der Waals surface area contributed by atoms with Crippen LogP contribution in [0.4, 0.5) is 0 Å². The fraction of sp³-hybridized carbons (Fsp3) is 0.459. The first-order chi connectivity index (χ1) is 20.0. The molecule has 0 aromatic heterocycles. The highest BCUT2D eigenvalue weighted by atomic mass is 16.8. The molecule has 1 saturated heterocycles. The standard InChI is InChI=1S/C37H48O4/c1-4-5-6-7-8-9-10-11-21-28-36(34(29-38)40-35(2,3)41-36)30-39-37(31-22-15-12-16-23-31,32-24-17-13-18-25-32)33-26-19-14-20-27-33/h12-28,34,38H,4-11,29-30H2,1-3H3/b28-21+/t34-,36-/m1/s1. The summed E-state index contributed by atoms with van der Waals surface area (Å²) in [7, 11) is 0. The van der Waals surface area contributed by atoms with Crippen molar-refractivity contribution in [3.05, 3.63) is 120 Å². The number of benzene rings is 3. The third kappa shape index (κ3) is 7.75. The largest absolute Gasteiger partial charge is 0.394 e. The normalized spacial score (nSPS) is 20.5. The predicted molar refractivity (Wildman–Crippen MR) is 167 cm³/mol. The first kappa shape index (κ1) is 31.2. The SMILES string of the molecule is CCCCCCCCC/C=C/[C@]1(COC(c2ccccc2)(c2ccccc2)c2ccccc2)OC(C)(C)O[C@@H]1CO. The molecule has 3 aromatic carbocycles. The molecule has 1 fully saturated rings. The third-order valence-electron chi connectivity index (χ3n) is 8.00. The molecule has 4 heteroatoms. The average molecular weight is 557 g/mol. The number of rotatable bonds is 16. The summed E-state index contributed by atoms with van der Waals surface area (Å²) in [6.07, 6.45) is 13.6. The van der Waals surface area contributed by atoms with Crippen LogP contribution in [0.3, 0.4) is 0 Å². The van der Waals surface area contributed by atoms with E-state index in [-0.39, 0.29) is 13.2 Å². The van der Waals surface area contributed by atoms with Gasteiger partial charge in [0.1, 0.15) is 17.3 Å². The van der Waals surface area contributed by atoms with Crippen molar-refractivity contribution in [1.82, 2.24) is 0 Å². The van der Waals surface area contributed by atoms with Gasteiger partial charge in [-0.1, -0.05) is 149 Å². The molecule has 1 N–H and O–H groups in total. The van der Waals surface area contributed by atoms with E-state index in [0.717, 1.165) is 29.5 Å². The Morgan fingerprint density at radius 3 is 1.73 bits per heavy atom. The fourth-order valence-corrected chi connectivity index (χ4v) is 5.99. The van der Waals surface area contributed by atoms with Gasteiger partial charge in [-0.15, -0.1) is 0 Å². The number of aliphatic hydroxyl groups excluding tert-OH is 1. The number of unbranched alkanes of at least 4 members (excludes halogenated alkanes) is 7. The summed E-state index contributed by atoms with van der Waals surface area (Å²) in [6.45, 7) is 6.10. The van der Waals surface area contributed by atoms with Gasteiger partial charge in [-0.3, -0.25) is 0 Å². The van der Waals surface area contributed by atoms with Crippen molar-refractivity contribution in [3.8, 4) is 0 Å². The lowest BCUT2D eigenvalue weighted by Crippen LogP contribution is -2.48. The molecule has 1 heterocycles. The van der Waals surface area contributed by atoms with Gasteiger partial charge in [0.15, 0.2) is 5.79 Å². The Morgan fingerprint density at radius 1 is 0.756 bits per heavy atom. The van der Waals surface area contributed by atoms with Crippen LogP contribution in [0.15, 0.2) is 103 Å². The molecule has 0 unspecified atom stereocenters. The van der Waals surface area contributed by atoms with Crippen molar-refractivity contribution >= 4 is 0 Å². The Hall–Kier alpha value is -2.76. The van der Waals surface area contributed by atoms with E-state index in [9.17, 15) is 5.11 Å². The third-order valence-corrected chi connectivity index (χ3v) is 8.00. The van der Waals surface area contributed by atoms with Crippen molar-refractivity contribution in [1.29, 1.82) is 0 Å². The molecule has 41 heavy (non-hydrogen) atoms. The van der Waals surface area contributed by atoms with Gasteiger partial charge >= 0.3 is 0 Å². The van der Waals surface area contributed by atoms with Crippen LogP contribution in [0, 0.1) is 0 Å². The summed E-state index contributed by atoms with van der Waals surface area (Å²) in [5.41, 5.74) is 1.25. The van der Waals surface area contributed by atoms with Crippen LogP contribution >= 0.6 is 0 Å². The van der Waals surface area contributed by atoms with E-state index in [4.69, 9.17) is 14.2 Å².